The van der Waals surface area contributed by atoms with E-state index in [0.717, 1.165) is 24.2 Å². The van der Waals surface area contributed by atoms with Crippen molar-refractivity contribution >= 4 is 0 Å². The van der Waals surface area contributed by atoms with Crippen LogP contribution in [0.15, 0.2) is 18.2 Å². The third-order valence-electron chi connectivity index (χ3n) is 3.44. The number of rotatable bonds is 4. The number of benzene rings is 1. The van der Waals surface area contributed by atoms with Crippen LogP contribution in [0.4, 0.5) is 0 Å². The van der Waals surface area contributed by atoms with E-state index in [1.807, 2.05) is 18.2 Å². The molecule has 0 radical (unpaired) electrons. The van der Waals surface area contributed by atoms with E-state index in [2.05, 4.69) is 6.92 Å². The first kappa shape index (κ1) is 11.3. The summed E-state index contributed by atoms with van der Waals surface area (Å²) < 4.78 is 10.4. The molecule has 0 bridgehead atoms. The SMILES string of the molecule is CCC1CC1(O)c1ccc(OC)cc1OC. The number of methoxy groups -OCH3 is 2. The normalized spacial score (nSPS) is 27.6. The van der Waals surface area contributed by atoms with Crippen LogP contribution in [0.3, 0.4) is 0 Å². The van der Waals surface area contributed by atoms with E-state index in [1.54, 1.807) is 14.2 Å². The number of aliphatic hydroxyl groups is 1. The van der Waals surface area contributed by atoms with Gasteiger partial charge < -0.3 is 14.6 Å². The van der Waals surface area contributed by atoms with Gasteiger partial charge in [-0.25, -0.2) is 0 Å². The zero-order valence-electron chi connectivity index (χ0n) is 9.99. The molecule has 16 heavy (non-hydrogen) atoms. The number of hydrogen-bond donors (Lipinski definition) is 1. The first-order valence-electron chi connectivity index (χ1n) is 5.60. The molecule has 1 N–H and O–H groups in total. The summed E-state index contributed by atoms with van der Waals surface area (Å²) in [5.74, 6) is 1.81. The molecule has 88 valence electrons. The van der Waals surface area contributed by atoms with E-state index in [4.69, 9.17) is 9.47 Å². The molecule has 0 aliphatic heterocycles. The van der Waals surface area contributed by atoms with Crippen molar-refractivity contribution in [3.63, 3.8) is 0 Å². The van der Waals surface area contributed by atoms with Crippen LogP contribution in [-0.2, 0) is 5.60 Å². The molecule has 0 amide bonds. The molecule has 3 heteroatoms. The van der Waals surface area contributed by atoms with Gasteiger partial charge in [-0.3, -0.25) is 0 Å². The molecular formula is C13H18O3. The van der Waals surface area contributed by atoms with E-state index in [0.29, 0.717) is 11.7 Å². The van der Waals surface area contributed by atoms with Crippen LogP contribution in [0.25, 0.3) is 0 Å². The molecule has 1 aromatic rings. The maximum Gasteiger partial charge on any atom is 0.128 e. The summed E-state index contributed by atoms with van der Waals surface area (Å²) in [6, 6.07) is 5.58. The van der Waals surface area contributed by atoms with Gasteiger partial charge in [0.1, 0.15) is 11.5 Å². The highest BCUT2D eigenvalue weighted by Gasteiger charge is 2.54. The third-order valence-corrected chi connectivity index (χ3v) is 3.44. The summed E-state index contributed by atoms with van der Waals surface area (Å²) in [6.07, 6.45) is 1.82. The second-order valence-corrected chi connectivity index (χ2v) is 4.30. The van der Waals surface area contributed by atoms with Gasteiger partial charge in [0.15, 0.2) is 0 Å². The smallest absolute Gasteiger partial charge is 0.128 e. The van der Waals surface area contributed by atoms with E-state index >= 15 is 0 Å². The minimum atomic E-state index is -0.688. The van der Waals surface area contributed by atoms with Crippen LogP contribution in [0.5, 0.6) is 11.5 Å². The molecule has 1 aliphatic rings. The number of hydrogen-bond acceptors (Lipinski definition) is 3. The van der Waals surface area contributed by atoms with Gasteiger partial charge in [-0.2, -0.15) is 0 Å². The standard InChI is InChI=1S/C13H18O3/c1-4-9-8-13(9,14)11-6-5-10(15-2)7-12(11)16-3/h5-7,9,14H,4,8H2,1-3H3. The van der Waals surface area contributed by atoms with Gasteiger partial charge in [0.05, 0.1) is 19.8 Å². The van der Waals surface area contributed by atoms with Crippen molar-refractivity contribution in [3.05, 3.63) is 23.8 Å². The van der Waals surface area contributed by atoms with Crippen LogP contribution in [-0.4, -0.2) is 19.3 Å². The van der Waals surface area contributed by atoms with Crippen LogP contribution in [0.1, 0.15) is 25.3 Å². The molecule has 0 aromatic heterocycles. The van der Waals surface area contributed by atoms with Crippen molar-refractivity contribution < 1.29 is 14.6 Å². The van der Waals surface area contributed by atoms with E-state index in [-0.39, 0.29) is 0 Å². The molecule has 1 fully saturated rings. The Morgan fingerprint density at radius 1 is 1.38 bits per heavy atom. The van der Waals surface area contributed by atoms with Gasteiger partial charge in [-0.1, -0.05) is 13.3 Å². The van der Waals surface area contributed by atoms with Crippen molar-refractivity contribution in [2.45, 2.75) is 25.4 Å². The van der Waals surface area contributed by atoms with E-state index in [9.17, 15) is 5.11 Å². The Kier molecular flexibility index (Phi) is 2.80. The average molecular weight is 222 g/mol. The molecular weight excluding hydrogens is 204 g/mol. The highest BCUT2D eigenvalue weighted by molar-refractivity contribution is 5.46. The Morgan fingerprint density at radius 2 is 2.12 bits per heavy atom. The molecule has 1 aromatic carbocycles. The van der Waals surface area contributed by atoms with Crippen LogP contribution in [0, 0.1) is 5.92 Å². The van der Waals surface area contributed by atoms with Crippen LogP contribution < -0.4 is 9.47 Å². The maximum absolute atomic E-state index is 10.4. The fourth-order valence-electron chi connectivity index (χ4n) is 2.28. The van der Waals surface area contributed by atoms with Crippen LogP contribution >= 0.6 is 0 Å². The lowest BCUT2D eigenvalue weighted by molar-refractivity contribution is 0.126. The quantitative estimate of drug-likeness (QED) is 0.849. The summed E-state index contributed by atoms with van der Waals surface area (Å²) in [5.41, 5.74) is 0.189. The Balaban J connectivity index is 2.35. The summed E-state index contributed by atoms with van der Waals surface area (Å²) in [6.45, 7) is 2.10. The second kappa shape index (κ2) is 3.98. The van der Waals surface area contributed by atoms with Gasteiger partial charge in [-0.15, -0.1) is 0 Å². The summed E-state index contributed by atoms with van der Waals surface area (Å²) in [5, 5.41) is 10.4. The van der Waals surface area contributed by atoms with Crippen LogP contribution in [0.2, 0.25) is 0 Å². The lowest BCUT2D eigenvalue weighted by Crippen LogP contribution is -2.10. The Morgan fingerprint density at radius 3 is 2.62 bits per heavy atom. The van der Waals surface area contributed by atoms with Gasteiger partial charge >= 0.3 is 0 Å². The monoisotopic (exact) mass is 222 g/mol. The minimum Gasteiger partial charge on any atom is -0.497 e. The predicted octanol–water partition coefficient (Wildman–Crippen LogP) is 2.32. The van der Waals surface area contributed by atoms with Crippen molar-refractivity contribution in [2.75, 3.05) is 14.2 Å². The molecule has 2 unspecified atom stereocenters. The average Bonchev–Trinajstić information content (AvgIpc) is 3.00. The molecule has 0 spiro atoms. The molecule has 2 rings (SSSR count). The third kappa shape index (κ3) is 1.65. The molecule has 1 aliphatic carbocycles. The Hall–Kier alpha value is -1.22. The zero-order valence-corrected chi connectivity index (χ0v) is 9.99. The van der Waals surface area contributed by atoms with Crippen molar-refractivity contribution in [1.29, 1.82) is 0 Å². The Bertz CT molecular complexity index is 389. The fourth-order valence-corrected chi connectivity index (χ4v) is 2.28. The summed E-state index contributed by atoms with van der Waals surface area (Å²) in [7, 11) is 3.24. The summed E-state index contributed by atoms with van der Waals surface area (Å²) in [4.78, 5) is 0. The van der Waals surface area contributed by atoms with Crippen molar-refractivity contribution in [3.8, 4) is 11.5 Å². The lowest BCUT2D eigenvalue weighted by atomic mass is 10.0. The molecule has 2 atom stereocenters. The summed E-state index contributed by atoms with van der Waals surface area (Å²) >= 11 is 0. The van der Waals surface area contributed by atoms with Gasteiger partial charge in [0, 0.05) is 11.6 Å². The van der Waals surface area contributed by atoms with Crippen molar-refractivity contribution in [2.24, 2.45) is 5.92 Å². The molecule has 3 nitrogen and oxygen atoms in total. The number of ether oxygens (including phenoxy) is 2. The minimum absolute atomic E-state index is 0.356. The molecule has 0 heterocycles. The van der Waals surface area contributed by atoms with Gasteiger partial charge in [-0.05, 0) is 24.5 Å². The molecule has 1 saturated carbocycles. The largest absolute Gasteiger partial charge is 0.497 e. The predicted molar refractivity (Wildman–Crippen MR) is 61.8 cm³/mol. The topological polar surface area (TPSA) is 38.7 Å². The van der Waals surface area contributed by atoms with Gasteiger partial charge in [0.25, 0.3) is 0 Å². The molecule has 0 saturated heterocycles. The first-order valence-corrected chi connectivity index (χ1v) is 5.60. The van der Waals surface area contributed by atoms with Crippen molar-refractivity contribution in [1.82, 2.24) is 0 Å². The second-order valence-electron chi connectivity index (χ2n) is 4.30. The lowest BCUT2D eigenvalue weighted by Gasteiger charge is -2.15. The highest BCUT2D eigenvalue weighted by Crippen LogP contribution is 2.56. The first-order chi connectivity index (χ1) is 7.65. The Labute approximate surface area is 96.0 Å². The zero-order chi connectivity index (χ0) is 11.8. The highest BCUT2D eigenvalue weighted by atomic mass is 16.5. The van der Waals surface area contributed by atoms with E-state index in [1.165, 1.54) is 0 Å². The maximum atomic E-state index is 10.4. The fraction of sp³-hybridized carbons (Fsp3) is 0.538. The van der Waals surface area contributed by atoms with E-state index < -0.39 is 5.60 Å². The van der Waals surface area contributed by atoms with Gasteiger partial charge in [0.2, 0.25) is 0 Å².